The van der Waals surface area contributed by atoms with E-state index in [1.54, 1.807) is 13.8 Å². The van der Waals surface area contributed by atoms with E-state index in [9.17, 15) is 13.2 Å². The Morgan fingerprint density at radius 2 is 1.68 bits per heavy atom. The summed E-state index contributed by atoms with van der Waals surface area (Å²) in [7, 11) is -3.72. The van der Waals surface area contributed by atoms with Crippen LogP contribution in [0.3, 0.4) is 0 Å². The summed E-state index contributed by atoms with van der Waals surface area (Å²) >= 11 is 0. The number of benzene rings is 1. The average Bonchev–Trinajstić information content (AvgIpc) is 2.21. The molecule has 0 amide bonds. The summed E-state index contributed by atoms with van der Waals surface area (Å²) in [5.41, 5.74) is 2.45. The lowest BCUT2D eigenvalue weighted by atomic mass is 10.1. The van der Waals surface area contributed by atoms with E-state index in [0.29, 0.717) is 5.56 Å². The minimum atomic E-state index is -3.72. The van der Waals surface area contributed by atoms with Gasteiger partial charge in [-0.25, -0.2) is 8.42 Å². The fourth-order valence-electron chi connectivity index (χ4n) is 2.22. The van der Waals surface area contributed by atoms with Gasteiger partial charge in [-0.1, -0.05) is 32.0 Å². The molecule has 1 aromatic carbocycles. The second-order valence-electron chi connectivity index (χ2n) is 5.18. The number of hydrogen-bond acceptors (Lipinski definition) is 3. The molecular formula is C14H20O4S. The summed E-state index contributed by atoms with van der Waals surface area (Å²) in [5, 5.41) is 7.76. The Hall–Kier alpha value is -1.36. The van der Waals surface area contributed by atoms with Gasteiger partial charge in [0.2, 0.25) is 0 Å². The van der Waals surface area contributed by atoms with Gasteiger partial charge in [0.25, 0.3) is 0 Å². The van der Waals surface area contributed by atoms with Gasteiger partial charge in [0.05, 0.1) is 5.75 Å². The quantitative estimate of drug-likeness (QED) is 0.900. The number of aryl methyl sites for hydroxylation is 2. The molecule has 4 nitrogen and oxygen atoms in total. The van der Waals surface area contributed by atoms with Crippen LogP contribution in [-0.4, -0.2) is 24.7 Å². The topological polar surface area (TPSA) is 71.4 Å². The lowest BCUT2D eigenvalue weighted by molar-refractivity contribution is -0.137. The largest absolute Gasteiger partial charge is 0.480 e. The van der Waals surface area contributed by atoms with Crippen molar-refractivity contribution in [3.05, 3.63) is 34.9 Å². The van der Waals surface area contributed by atoms with Crippen molar-refractivity contribution in [2.45, 2.75) is 38.7 Å². The van der Waals surface area contributed by atoms with Crippen molar-refractivity contribution in [3.63, 3.8) is 0 Å². The van der Waals surface area contributed by atoms with E-state index in [4.69, 9.17) is 5.11 Å². The van der Waals surface area contributed by atoms with Crippen molar-refractivity contribution in [2.24, 2.45) is 5.92 Å². The average molecular weight is 284 g/mol. The highest BCUT2D eigenvalue weighted by Crippen LogP contribution is 2.22. The molecule has 106 valence electrons. The van der Waals surface area contributed by atoms with Gasteiger partial charge in [0, 0.05) is 0 Å². The SMILES string of the molecule is Cc1cccc(C)c1CS(=O)(=O)C(C(=O)O)C(C)C. The van der Waals surface area contributed by atoms with Crippen LogP contribution in [0.15, 0.2) is 18.2 Å². The monoisotopic (exact) mass is 284 g/mol. The molecule has 1 aromatic rings. The van der Waals surface area contributed by atoms with Crippen LogP contribution >= 0.6 is 0 Å². The molecule has 1 rings (SSSR count). The predicted molar refractivity (Wildman–Crippen MR) is 74.8 cm³/mol. The highest BCUT2D eigenvalue weighted by atomic mass is 32.2. The maximum atomic E-state index is 12.3. The van der Waals surface area contributed by atoms with Crippen molar-refractivity contribution in [3.8, 4) is 0 Å². The van der Waals surface area contributed by atoms with E-state index in [0.717, 1.165) is 11.1 Å². The molecule has 0 saturated heterocycles. The van der Waals surface area contributed by atoms with E-state index < -0.39 is 27.0 Å². The first-order chi connectivity index (χ1) is 8.66. The Kier molecular flexibility index (Phi) is 4.74. The molecular weight excluding hydrogens is 264 g/mol. The summed E-state index contributed by atoms with van der Waals surface area (Å²) in [6, 6.07) is 5.53. The van der Waals surface area contributed by atoms with Crippen LogP contribution in [0.5, 0.6) is 0 Å². The number of hydrogen-bond donors (Lipinski definition) is 1. The van der Waals surface area contributed by atoms with Crippen molar-refractivity contribution in [2.75, 3.05) is 0 Å². The highest BCUT2D eigenvalue weighted by Gasteiger charge is 2.35. The molecule has 0 heterocycles. The maximum Gasteiger partial charge on any atom is 0.322 e. The maximum absolute atomic E-state index is 12.3. The molecule has 0 aliphatic rings. The molecule has 0 radical (unpaired) electrons. The van der Waals surface area contributed by atoms with Crippen LogP contribution in [0.1, 0.15) is 30.5 Å². The van der Waals surface area contributed by atoms with Gasteiger partial charge in [-0.3, -0.25) is 4.79 Å². The summed E-state index contributed by atoms with van der Waals surface area (Å²) in [5.74, 6) is -1.95. The van der Waals surface area contributed by atoms with E-state index in [-0.39, 0.29) is 5.75 Å². The number of sulfone groups is 1. The normalized spacial score (nSPS) is 13.5. The lowest BCUT2D eigenvalue weighted by Gasteiger charge is -2.18. The molecule has 0 saturated carbocycles. The number of carbonyl (C=O) groups is 1. The van der Waals surface area contributed by atoms with Crippen molar-refractivity contribution >= 4 is 15.8 Å². The van der Waals surface area contributed by atoms with Crippen LogP contribution in [-0.2, 0) is 20.4 Å². The van der Waals surface area contributed by atoms with Gasteiger partial charge in [0.1, 0.15) is 0 Å². The van der Waals surface area contributed by atoms with E-state index in [1.807, 2.05) is 32.0 Å². The van der Waals surface area contributed by atoms with E-state index in [2.05, 4.69) is 0 Å². The third kappa shape index (κ3) is 3.56. The number of carboxylic acids is 1. The summed E-state index contributed by atoms with van der Waals surface area (Å²) < 4.78 is 24.6. The minimum Gasteiger partial charge on any atom is -0.480 e. The summed E-state index contributed by atoms with van der Waals surface area (Å²) in [6.45, 7) is 6.90. The van der Waals surface area contributed by atoms with Crippen LogP contribution in [0.4, 0.5) is 0 Å². The molecule has 0 spiro atoms. The van der Waals surface area contributed by atoms with Gasteiger partial charge in [-0.15, -0.1) is 0 Å². The second kappa shape index (κ2) is 5.74. The summed E-state index contributed by atoms with van der Waals surface area (Å²) in [6.07, 6.45) is 0. The molecule has 0 aromatic heterocycles. The molecule has 0 aliphatic carbocycles. The zero-order valence-corrected chi connectivity index (χ0v) is 12.5. The number of rotatable bonds is 5. The highest BCUT2D eigenvalue weighted by molar-refractivity contribution is 7.92. The van der Waals surface area contributed by atoms with Crippen LogP contribution in [0, 0.1) is 19.8 Å². The first kappa shape index (κ1) is 15.7. The standard InChI is InChI=1S/C14H20O4S/c1-9(2)13(14(15)16)19(17,18)8-12-10(3)6-5-7-11(12)4/h5-7,9,13H,8H2,1-4H3,(H,15,16). The Balaban J connectivity index is 3.19. The summed E-state index contributed by atoms with van der Waals surface area (Å²) in [4.78, 5) is 11.2. The molecule has 1 atom stereocenters. The molecule has 1 N–H and O–H groups in total. The van der Waals surface area contributed by atoms with E-state index in [1.165, 1.54) is 0 Å². The first-order valence-electron chi connectivity index (χ1n) is 6.16. The van der Waals surface area contributed by atoms with E-state index >= 15 is 0 Å². The Morgan fingerprint density at radius 1 is 1.21 bits per heavy atom. The Labute approximate surface area is 114 Å². The fourth-order valence-corrected chi connectivity index (χ4v) is 4.39. The first-order valence-corrected chi connectivity index (χ1v) is 7.88. The van der Waals surface area contributed by atoms with Crippen molar-refractivity contribution in [1.29, 1.82) is 0 Å². The van der Waals surface area contributed by atoms with Crippen molar-refractivity contribution in [1.82, 2.24) is 0 Å². The smallest absolute Gasteiger partial charge is 0.322 e. The Bertz CT molecular complexity index is 553. The minimum absolute atomic E-state index is 0.222. The number of aliphatic carboxylic acids is 1. The zero-order valence-electron chi connectivity index (χ0n) is 11.7. The third-order valence-electron chi connectivity index (χ3n) is 3.23. The third-order valence-corrected chi connectivity index (χ3v) is 5.44. The predicted octanol–water partition coefficient (Wildman–Crippen LogP) is 2.33. The molecule has 0 bridgehead atoms. The molecule has 19 heavy (non-hydrogen) atoms. The van der Waals surface area contributed by atoms with Crippen LogP contribution < -0.4 is 0 Å². The molecule has 5 heteroatoms. The van der Waals surface area contributed by atoms with Crippen LogP contribution in [0.2, 0.25) is 0 Å². The fraction of sp³-hybridized carbons (Fsp3) is 0.500. The molecule has 1 unspecified atom stereocenters. The van der Waals surface area contributed by atoms with Gasteiger partial charge in [-0.2, -0.15) is 0 Å². The molecule has 0 aliphatic heterocycles. The van der Waals surface area contributed by atoms with Crippen molar-refractivity contribution < 1.29 is 18.3 Å². The molecule has 0 fully saturated rings. The Morgan fingerprint density at radius 3 is 2.05 bits per heavy atom. The van der Waals surface area contributed by atoms with Gasteiger partial charge >= 0.3 is 5.97 Å². The second-order valence-corrected chi connectivity index (χ2v) is 7.30. The van der Waals surface area contributed by atoms with Gasteiger partial charge in [0.15, 0.2) is 15.1 Å². The van der Waals surface area contributed by atoms with Gasteiger partial charge < -0.3 is 5.11 Å². The lowest BCUT2D eigenvalue weighted by Crippen LogP contribution is -2.36. The number of carboxylic acid groups (broad SMARTS) is 1. The van der Waals surface area contributed by atoms with Gasteiger partial charge in [-0.05, 0) is 36.5 Å². The zero-order chi connectivity index (χ0) is 14.8. The van der Waals surface area contributed by atoms with Crippen LogP contribution in [0.25, 0.3) is 0 Å².